The van der Waals surface area contributed by atoms with Gasteiger partial charge in [-0.05, 0) is 6.07 Å². The maximum absolute atomic E-state index is 11.3. The quantitative estimate of drug-likeness (QED) is 0.748. The second kappa shape index (κ2) is 4.71. The molecule has 0 saturated heterocycles. The van der Waals surface area contributed by atoms with Crippen molar-refractivity contribution in [2.75, 3.05) is 7.11 Å². The lowest BCUT2D eigenvalue weighted by atomic mass is 10.3. The number of hydrogen-bond acceptors (Lipinski definition) is 5. The summed E-state index contributed by atoms with van der Waals surface area (Å²) in [6.07, 6.45) is 3.11. The molecule has 2 rings (SSSR count). The Hall–Kier alpha value is -1.95. The van der Waals surface area contributed by atoms with Crippen LogP contribution in [0, 0.1) is 0 Å². The smallest absolute Gasteiger partial charge is 0.347 e. The van der Waals surface area contributed by atoms with Gasteiger partial charge in [0.1, 0.15) is 12.3 Å². The molecule has 6 heteroatoms. The minimum Gasteiger partial charge on any atom is -0.377 e. The monoisotopic (exact) mass is 221 g/mol. The summed E-state index contributed by atoms with van der Waals surface area (Å²) < 4.78 is 11.4. The fourth-order valence-corrected chi connectivity index (χ4v) is 1.32. The minimum absolute atomic E-state index is 0.307. The molecule has 0 bridgehead atoms. The van der Waals surface area contributed by atoms with Gasteiger partial charge in [-0.25, -0.2) is 9.78 Å². The van der Waals surface area contributed by atoms with Gasteiger partial charge in [0.2, 0.25) is 0 Å². The van der Waals surface area contributed by atoms with E-state index in [0.29, 0.717) is 24.6 Å². The number of nitrogens with zero attached hydrogens (tertiary/aromatic N) is 3. The Balaban J connectivity index is 2.15. The van der Waals surface area contributed by atoms with Gasteiger partial charge in [-0.3, -0.25) is 4.57 Å². The van der Waals surface area contributed by atoms with Gasteiger partial charge >= 0.3 is 5.69 Å². The number of aromatic nitrogens is 3. The molecule has 0 amide bonds. The molecule has 6 nitrogen and oxygen atoms in total. The molecule has 0 aliphatic carbocycles. The highest BCUT2D eigenvalue weighted by Crippen LogP contribution is 2.05. The zero-order valence-corrected chi connectivity index (χ0v) is 8.79. The van der Waals surface area contributed by atoms with Crippen LogP contribution in [0.2, 0.25) is 0 Å². The fourth-order valence-electron chi connectivity index (χ4n) is 1.32. The third kappa shape index (κ3) is 2.34. The Morgan fingerprint density at radius 2 is 2.44 bits per heavy atom. The van der Waals surface area contributed by atoms with Crippen LogP contribution in [0.25, 0.3) is 0 Å². The van der Waals surface area contributed by atoms with Gasteiger partial charge in [-0.15, -0.1) is 0 Å². The summed E-state index contributed by atoms with van der Waals surface area (Å²) in [5, 5.41) is 3.83. The first-order chi connectivity index (χ1) is 7.79. The molecule has 2 heterocycles. The first kappa shape index (κ1) is 10.6. The maximum Gasteiger partial charge on any atom is 0.347 e. The molecule has 0 atom stereocenters. The lowest BCUT2D eigenvalue weighted by molar-refractivity contribution is 0.155. The summed E-state index contributed by atoms with van der Waals surface area (Å²) in [4.78, 5) is 15.0. The first-order valence-corrected chi connectivity index (χ1v) is 4.74. The molecule has 0 N–H and O–H groups in total. The lowest BCUT2D eigenvalue weighted by Gasteiger charge is -1.98. The predicted molar refractivity (Wildman–Crippen MR) is 54.8 cm³/mol. The highest BCUT2D eigenvalue weighted by atomic mass is 16.5. The van der Waals surface area contributed by atoms with E-state index in [2.05, 4.69) is 10.1 Å². The van der Waals surface area contributed by atoms with Crippen molar-refractivity contribution < 1.29 is 9.26 Å². The molecular weight excluding hydrogens is 210 g/mol. The number of methoxy groups -OCH3 is 1. The second-order valence-electron chi connectivity index (χ2n) is 3.25. The fraction of sp³-hybridized carbons (Fsp3) is 0.300. The molecule has 16 heavy (non-hydrogen) atoms. The number of hydrogen-bond donors (Lipinski definition) is 0. The van der Waals surface area contributed by atoms with Crippen molar-refractivity contribution >= 4 is 0 Å². The van der Waals surface area contributed by atoms with Gasteiger partial charge in [0.15, 0.2) is 5.76 Å². The molecule has 0 aromatic carbocycles. The summed E-state index contributed by atoms with van der Waals surface area (Å²) in [6, 6.07) is 3.44. The van der Waals surface area contributed by atoms with Gasteiger partial charge in [-0.1, -0.05) is 5.16 Å². The van der Waals surface area contributed by atoms with Gasteiger partial charge < -0.3 is 9.26 Å². The lowest BCUT2D eigenvalue weighted by Crippen LogP contribution is -2.21. The zero-order chi connectivity index (χ0) is 11.4. The Kier molecular flexibility index (Phi) is 3.11. The van der Waals surface area contributed by atoms with E-state index in [9.17, 15) is 4.79 Å². The van der Waals surface area contributed by atoms with Gasteiger partial charge in [0.05, 0.1) is 6.54 Å². The summed E-state index contributed by atoms with van der Waals surface area (Å²) in [5.74, 6) is 0.634. The Morgan fingerprint density at radius 1 is 1.56 bits per heavy atom. The highest BCUT2D eigenvalue weighted by Gasteiger charge is 2.05. The van der Waals surface area contributed by atoms with Gasteiger partial charge in [0, 0.05) is 25.6 Å². The van der Waals surface area contributed by atoms with E-state index in [-0.39, 0.29) is 5.69 Å². The SMILES string of the molecule is COCc1cc(Cn2cccnc2=O)no1. The molecule has 0 spiro atoms. The molecule has 0 aliphatic heterocycles. The van der Waals surface area contributed by atoms with Crippen molar-refractivity contribution in [3.05, 3.63) is 46.5 Å². The van der Waals surface area contributed by atoms with Crippen molar-refractivity contribution in [3.63, 3.8) is 0 Å². The molecular formula is C10H11N3O3. The van der Waals surface area contributed by atoms with E-state index in [1.165, 1.54) is 10.8 Å². The minimum atomic E-state index is -0.307. The first-order valence-electron chi connectivity index (χ1n) is 4.74. The van der Waals surface area contributed by atoms with Gasteiger partial charge in [0.25, 0.3) is 0 Å². The topological polar surface area (TPSA) is 70.2 Å². The van der Waals surface area contributed by atoms with Crippen molar-refractivity contribution in [1.29, 1.82) is 0 Å². The van der Waals surface area contributed by atoms with Crippen molar-refractivity contribution in [1.82, 2.24) is 14.7 Å². The predicted octanol–water partition coefficient (Wildman–Crippen LogP) is 0.426. The van der Waals surface area contributed by atoms with E-state index < -0.39 is 0 Å². The van der Waals surface area contributed by atoms with Crippen LogP contribution in [0.15, 0.2) is 33.8 Å². The highest BCUT2D eigenvalue weighted by molar-refractivity contribution is 5.05. The van der Waals surface area contributed by atoms with Crippen molar-refractivity contribution in [3.8, 4) is 0 Å². The van der Waals surface area contributed by atoms with Gasteiger partial charge in [-0.2, -0.15) is 0 Å². The van der Waals surface area contributed by atoms with Crippen LogP contribution < -0.4 is 5.69 Å². The van der Waals surface area contributed by atoms with E-state index in [1.54, 1.807) is 25.4 Å². The van der Waals surface area contributed by atoms with Crippen LogP contribution in [0.1, 0.15) is 11.5 Å². The average Bonchev–Trinajstić information content (AvgIpc) is 2.70. The van der Waals surface area contributed by atoms with Crippen LogP contribution in [-0.2, 0) is 17.9 Å². The molecule has 2 aromatic heterocycles. The third-order valence-corrected chi connectivity index (χ3v) is 2.01. The van der Waals surface area contributed by atoms with Crippen LogP contribution >= 0.6 is 0 Å². The van der Waals surface area contributed by atoms with E-state index in [1.807, 2.05) is 0 Å². The molecule has 2 aromatic rings. The van der Waals surface area contributed by atoms with E-state index >= 15 is 0 Å². The van der Waals surface area contributed by atoms with Crippen LogP contribution in [0.4, 0.5) is 0 Å². The summed E-state index contributed by atoms with van der Waals surface area (Å²) in [7, 11) is 1.58. The van der Waals surface area contributed by atoms with E-state index in [0.717, 1.165) is 0 Å². The second-order valence-corrected chi connectivity index (χ2v) is 3.25. The Bertz CT molecular complexity index is 518. The zero-order valence-electron chi connectivity index (χ0n) is 8.79. The molecule has 0 fully saturated rings. The molecule has 0 aliphatic rings. The average molecular weight is 221 g/mol. The number of rotatable bonds is 4. The maximum atomic E-state index is 11.3. The molecule has 0 unspecified atom stereocenters. The van der Waals surface area contributed by atoms with Crippen LogP contribution in [0.5, 0.6) is 0 Å². The largest absolute Gasteiger partial charge is 0.377 e. The van der Waals surface area contributed by atoms with Crippen LogP contribution in [-0.4, -0.2) is 21.8 Å². The van der Waals surface area contributed by atoms with Crippen molar-refractivity contribution in [2.45, 2.75) is 13.2 Å². The normalized spacial score (nSPS) is 10.6. The Morgan fingerprint density at radius 3 is 3.19 bits per heavy atom. The molecule has 0 saturated carbocycles. The summed E-state index contributed by atoms with van der Waals surface area (Å²) in [6.45, 7) is 0.717. The summed E-state index contributed by atoms with van der Waals surface area (Å²) >= 11 is 0. The van der Waals surface area contributed by atoms with E-state index in [4.69, 9.17) is 9.26 Å². The molecule has 0 radical (unpaired) electrons. The van der Waals surface area contributed by atoms with Crippen molar-refractivity contribution in [2.24, 2.45) is 0 Å². The summed E-state index contributed by atoms with van der Waals surface area (Å²) in [5.41, 5.74) is 0.362. The van der Waals surface area contributed by atoms with Crippen LogP contribution in [0.3, 0.4) is 0 Å². The number of ether oxygens (including phenoxy) is 1. The standard InChI is InChI=1S/C10H11N3O3/c1-15-7-9-5-8(12-16-9)6-13-4-2-3-11-10(13)14/h2-5H,6-7H2,1H3. The Labute approximate surface area is 91.5 Å². The molecule has 84 valence electrons. The third-order valence-electron chi connectivity index (χ3n) is 2.01.